The van der Waals surface area contributed by atoms with Crippen LogP contribution in [0.15, 0.2) is 18.2 Å². The van der Waals surface area contributed by atoms with Gasteiger partial charge in [0.2, 0.25) is 5.91 Å². The van der Waals surface area contributed by atoms with Gasteiger partial charge in [0.25, 0.3) is 5.91 Å². The molecule has 25 heavy (non-hydrogen) atoms. The standard InChI is InChI=1S/C19H26ClN3O2/c1-14(20)18(24)21-15-7-8-17(22-9-3-2-4-10-22)16(13-15)19(25)23-11-5-6-12-23/h7-8,13-14H,2-6,9-12H2,1H3,(H,21,24)/t14-/m1/s1. The van der Waals surface area contributed by atoms with E-state index in [1.807, 2.05) is 23.1 Å². The third-order valence-corrected chi connectivity index (χ3v) is 5.14. The number of amides is 2. The van der Waals surface area contributed by atoms with Crippen LogP contribution in [-0.4, -0.2) is 48.3 Å². The molecular weight excluding hydrogens is 338 g/mol. The number of hydrogen-bond acceptors (Lipinski definition) is 3. The Labute approximate surface area is 154 Å². The Kier molecular flexibility index (Phi) is 5.84. The smallest absolute Gasteiger partial charge is 0.256 e. The number of anilines is 2. The van der Waals surface area contributed by atoms with E-state index in [4.69, 9.17) is 11.6 Å². The van der Waals surface area contributed by atoms with Gasteiger partial charge in [0.1, 0.15) is 5.38 Å². The van der Waals surface area contributed by atoms with Crippen molar-refractivity contribution in [2.45, 2.75) is 44.4 Å². The Hall–Kier alpha value is -1.75. The maximum Gasteiger partial charge on any atom is 0.256 e. The van der Waals surface area contributed by atoms with Gasteiger partial charge in [-0.3, -0.25) is 9.59 Å². The van der Waals surface area contributed by atoms with Crippen LogP contribution in [0.25, 0.3) is 0 Å². The lowest BCUT2D eigenvalue weighted by molar-refractivity contribution is -0.115. The van der Waals surface area contributed by atoms with Gasteiger partial charge in [-0.1, -0.05) is 0 Å². The van der Waals surface area contributed by atoms with Crippen molar-refractivity contribution in [3.8, 4) is 0 Å². The van der Waals surface area contributed by atoms with Crippen LogP contribution in [0, 0.1) is 0 Å². The molecule has 3 rings (SSSR count). The summed E-state index contributed by atoms with van der Waals surface area (Å²) in [5.74, 6) is -0.194. The number of benzene rings is 1. The van der Waals surface area contributed by atoms with Gasteiger partial charge in [-0.2, -0.15) is 0 Å². The summed E-state index contributed by atoms with van der Waals surface area (Å²) in [6, 6.07) is 5.63. The second-order valence-corrected chi connectivity index (χ2v) is 7.54. The summed E-state index contributed by atoms with van der Waals surface area (Å²) in [5, 5.41) is 2.19. The number of carbonyl (C=O) groups excluding carboxylic acids is 2. The molecule has 0 aromatic heterocycles. The van der Waals surface area contributed by atoms with Crippen LogP contribution in [0.2, 0.25) is 0 Å². The van der Waals surface area contributed by atoms with Crippen molar-refractivity contribution in [1.82, 2.24) is 4.90 Å². The highest BCUT2D eigenvalue weighted by atomic mass is 35.5. The molecule has 2 fully saturated rings. The van der Waals surface area contributed by atoms with Crippen molar-refractivity contribution >= 4 is 34.8 Å². The first-order valence-electron chi connectivity index (χ1n) is 9.19. The molecule has 1 atom stereocenters. The predicted octanol–water partition coefficient (Wildman–Crippen LogP) is 3.48. The zero-order valence-electron chi connectivity index (χ0n) is 14.8. The van der Waals surface area contributed by atoms with Gasteiger partial charge in [0.05, 0.1) is 5.56 Å². The largest absolute Gasteiger partial charge is 0.371 e. The third kappa shape index (κ3) is 4.27. The second-order valence-electron chi connectivity index (χ2n) is 6.88. The summed E-state index contributed by atoms with van der Waals surface area (Å²) in [4.78, 5) is 29.1. The maximum absolute atomic E-state index is 13.0. The molecule has 136 valence electrons. The summed E-state index contributed by atoms with van der Waals surface area (Å²) < 4.78 is 0. The van der Waals surface area contributed by atoms with Crippen molar-refractivity contribution in [1.29, 1.82) is 0 Å². The molecule has 1 aromatic rings. The number of rotatable bonds is 4. The summed E-state index contributed by atoms with van der Waals surface area (Å²) in [7, 11) is 0. The zero-order valence-corrected chi connectivity index (χ0v) is 15.5. The third-order valence-electron chi connectivity index (χ3n) is 4.95. The van der Waals surface area contributed by atoms with Crippen LogP contribution in [-0.2, 0) is 4.79 Å². The summed E-state index contributed by atoms with van der Waals surface area (Å²) in [5.41, 5.74) is 2.29. The number of nitrogens with zero attached hydrogens (tertiary/aromatic N) is 2. The highest BCUT2D eigenvalue weighted by Gasteiger charge is 2.25. The zero-order chi connectivity index (χ0) is 17.8. The van der Waals surface area contributed by atoms with Gasteiger partial charge in [0, 0.05) is 37.6 Å². The summed E-state index contributed by atoms with van der Waals surface area (Å²) >= 11 is 5.84. The van der Waals surface area contributed by atoms with Crippen molar-refractivity contribution in [2.75, 3.05) is 36.4 Å². The molecule has 1 N–H and O–H groups in total. The van der Waals surface area contributed by atoms with Crippen molar-refractivity contribution < 1.29 is 9.59 Å². The molecule has 0 saturated carbocycles. The molecule has 0 aliphatic carbocycles. The van der Waals surface area contributed by atoms with E-state index < -0.39 is 5.38 Å². The molecule has 0 bridgehead atoms. The molecule has 2 heterocycles. The molecule has 6 heteroatoms. The fourth-order valence-corrected chi connectivity index (χ4v) is 3.58. The minimum absolute atomic E-state index is 0.0631. The minimum Gasteiger partial charge on any atom is -0.371 e. The lowest BCUT2D eigenvalue weighted by atomic mass is 10.1. The Morgan fingerprint density at radius 1 is 1.04 bits per heavy atom. The highest BCUT2D eigenvalue weighted by Crippen LogP contribution is 2.29. The lowest BCUT2D eigenvalue weighted by Gasteiger charge is -2.31. The van der Waals surface area contributed by atoms with Gasteiger partial charge < -0.3 is 15.1 Å². The number of piperidine rings is 1. The van der Waals surface area contributed by atoms with Crippen LogP contribution in [0.3, 0.4) is 0 Å². The van der Waals surface area contributed by atoms with Gasteiger partial charge in [0.15, 0.2) is 0 Å². The molecule has 1 aromatic carbocycles. The number of alkyl halides is 1. The van der Waals surface area contributed by atoms with E-state index in [-0.39, 0.29) is 11.8 Å². The molecule has 0 unspecified atom stereocenters. The lowest BCUT2D eigenvalue weighted by Crippen LogP contribution is -2.34. The summed E-state index contributed by atoms with van der Waals surface area (Å²) in [6.45, 7) is 5.21. The number of likely N-dealkylation sites (tertiary alicyclic amines) is 1. The van der Waals surface area contributed by atoms with Crippen LogP contribution < -0.4 is 10.2 Å². The maximum atomic E-state index is 13.0. The minimum atomic E-state index is -0.612. The van der Waals surface area contributed by atoms with Crippen LogP contribution in [0.1, 0.15) is 49.4 Å². The van der Waals surface area contributed by atoms with E-state index in [1.54, 1.807) is 6.92 Å². The van der Waals surface area contributed by atoms with E-state index in [0.29, 0.717) is 11.3 Å². The first kappa shape index (κ1) is 18.1. The normalized spacial score (nSPS) is 19.0. The summed E-state index contributed by atoms with van der Waals surface area (Å²) in [6.07, 6.45) is 5.67. The van der Waals surface area contributed by atoms with Gasteiger partial charge in [-0.25, -0.2) is 0 Å². The fourth-order valence-electron chi connectivity index (χ4n) is 3.53. The molecule has 2 amide bonds. The number of halogens is 1. The van der Waals surface area contributed by atoms with Gasteiger partial charge in [-0.15, -0.1) is 11.6 Å². The van der Waals surface area contributed by atoms with E-state index in [9.17, 15) is 9.59 Å². The molecule has 0 spiro atoms. The van der Waals surface area contributed by atoms with Crippen molar-refractivity contribution in [2.24, 2.45) is 0 Å². The van der Waals surface area contributed by atoms with Crippen molar-refractivity contribution in [3.63, 3.8) is 0 Å². The van der Waals surface area contributed by atoms with Crippen molar-refractivity contribution in [3.05, 3.63) is 23.8 Å². The Balaban J connectivity index is 1.90. The average molecular weight is 364 g/mol. The Morgan fingerprint density at radius 3 is 2.32 bits per heavy atom. The van der Waals surface area contributed by atoms with Crippen LogP contribution >= 0.6 is 11.6 Å². The van der Waals surface area contributed by atoms with Gasteiger partial charge >= 0.3 is 0 Å². The molecule has 2 saturated heterocycles. The highest BCUT2D eigenvalue weighted by molar-refractivity contribution is 6.32. The number of nitrogens with one attached hydrogen (secondary N) is 1. The van der Waals surface area contributed by atoms with E-state index in [0.717, 1.165) is 57.5 Å². The van der Waals surface area contributed by atoms with Gasteiger partial charge in [-0.05, 0) is 57.2 Å². The molecular formula is C19H26ClN3O2. The number of carbonyl (C=O) groups is 2. The molecule has 2 aliphatic rings. The number of hydrogen-bond donors (Lipinski definition) is 1. The molecule has 0 radical (unpaired) electrons. The quantitative estimate of drug-likeness (QED) is 0.833. The monoisotopic (exact) mass is 363 g/mol. The average Bonchev–Trinajstić information content (AvgIpc) is 3.16. The first-order chi connectivity index (χ1) is 12.1. The molecule has 2 aliphatic heterocycles. The topological polar surface area (TPSA) is 52.7 Å². The molecule has 5 nitrogen and oxygen atoms in total. The van der Waals surface area contributed by atoms with E-state index in [1.165, 1.54) is 6.42 Å². The Morgan fingerprint density at radius 2 is 1.68 bits per heavy atom. The van der Waals surface area contributed by atoms with E-state index in [2.05, 4.69) is 10.2 Å². The predicted molar refractivity (Wildman–Crippen MR) is 102 cm³/mol. The fraction of sp³-hybridized carbons (Fsp3) is 0.579. The van der Waals surface area contributed by atoms with E-state index >= 15 is 0 Å². The first-order valence-corrected chi connectivity index (χ1v) is 9.63. The van der Waals surface area contributed by atoms with Crippen LogP contribution in [0.5, 0.6) is 0 Å². The SMILES string of the molecule is C[C@@H](Cl)C(=O)Nc1ccc(N2CCCCC2)c(C(=O)N2CCCC2)c1. The second kappa shape index (κ2) is 8.09. The van der Waals surface area contributed by atoms with Crippen LogP contribution in [0.4, 0.5) is 11.4 Å². The Bertz CT molecular complexity index is 636.